The first kappa shape index (κ1) is 15.3. The minimum absolute atomic E-state index is 0.0218. The van der Waals surface area contributed by atoms with Crippen molar-refractivity contribution >= 4 is 0 Å². The van der Waals surface area contributed by atoms with Gasteiger partial charge in [-0.25, -0.2) is 0 Å². The number of nitrogens with zero attached hydrogens (tertiary/aromatic N) is 1. The van der Waals surface area contributed by atoms with Gasteiger partial charge in [-0.3, -0.25) is 4.90 Å². The van der Waals surface area contributed by atoms with Crippen LogP contribution in [-0.4, -0.2) is 34.7 Å². The lowest BCUT2D eigenvalue weighted by atomic mass is 9.83. The molecule has 2 rings (SSSR count). The zero-order chi connectivity index (χ0) is 15.1. The second-order valence-electron chi connectivity index (χ2n) is 6.31. The number of hydrogen-bond acceptors (Lipinski definition) is 3. The molecule has 1 N–H and O–H groups in total. The fourth-order valence-corrected chi connectivity index (χ4v) is 3.54. The Morgan fingerprint density at radius 1 is 1.20 bits per heavy atom. The Balaban J connectivity index is 2.53. The normalized spacial score (nSPS) is 24.4. The number of aliphatic hydroxyl groups is 1. The van der Waals surface area contributed by atoms with Crippen molar-refractivity contribution in [2.75, 3.05) is 13.1 Å². The van der Waals surface area contributed by atoms with Gasteiger partial charge in [0.2, 0.25) is 0 Å². The first-order valence-electron chi connectivity index (χ1n) is 7.54. The molecule has 1 heterocycles. The van der Waals surface area contributed by atoms with Gasteiger partial charge in [0, 0.05) is 5.56 Å². The SMILES string of the molecule is CCN(CC)C1C(O)c2c(C)cc(C)cc2OC1(C)C. The van der Waals surface area contributed by atoms with Gasteiger partial charge in [-0.05, 0) is 58.0 Å². The highest BCUT2D eigenvalue weighted by Crippen LogP contribution is 2.43. The Kier molecular flexibility index (Phi) is 4.12. The van der Waals surface area contributed by atoms with E-state index < -0.39 is 11.7 Å². The van der Waals surface area contributed by atoms with Crippen LogP contribution in [0.1, 0.15) is 50.5 Å². The minimum Gasteiger partial charge on any atom is -0.486 e. The molecule has 1 aliphatic rings. The average Bonchev–Trinajstić information content (AvgIpc) is 2.32. The molecule has 0 radical (unpaired) electrons. The van der Waals surface area contributed by atoms with Crippen molar-refractivity contribution in [1.82, 2.24) is 4.90 Å². The van der Waals surface area contributed by atoms with Gasteiger partial charge < -0.3 is 9.84 Å². The molecule has 3 heteroatoms. The van der Waals surface area contributed by atoms with E-state index >= 15 is 0 Å². The van der Waals surface area contributed by atoms with Crippen LogP contribution in [0.3, 0.4) is 0 Å². The molecule has 0 amide bonds. The van der Waals surface area contributed by atoms with E-state index in [1.165, 1.54) is 5.56 Å². The second-order valence-corrected chi connectivity index (χ2v) is 6.31. The van der Waals surface area contributed by atoms with Crippen molar-refractivity contribution in [3.63, 3.8) is 0 Å². The molecule has 1 aromatic carbocycles. The van der Waals surface area contributed by atoms with Crippen molar-refractivity contribution in [3.05, 3.63) is 28.8 Å². The summed E-state index contributed by atoms with van der Waals surface area (Å²) < 4.78 is 6.25. The number of fused-ring (bicyclic) bond motifs is 1. The Morgan fingerprint density at radius 2 is 1.80 bits per heavy atom. The van der Waals surface area contributed by atoms with Crippen LogP contribution in [0, 0.1) is 13.8 Å². The second kappa shape index (κ2) is 5.38. The molecule has 2 unspecified atom stereocenters. The van der Waals surface area contributed by atoms with Gasteiger partial charge >= 0.3 is 0 Å². The molecule has 112 valence electrons. The predicted molar refractivity (Wildman–Crippen MR) is 82.3 cm³/mol. The summed E-state index contributed by atoms with van der Waals surface area (Å²) in [5.74, 6) is 0.836. The summed E-state index contributed by atoms with van der Waals surface area (Å²) in [7, 11) is 0. The molecule has 2 atom stereocenters. The average molecular weight is 277 g/mol. The summed E-state index contributed by atoms with van der Waals surface area (Å²) in [6.07, 6.45) is -0.505. The number of ether oxygens (including phenoxy) is 1. The molecule has 0 aromatic heterocycles. The monoisotopic (exact) mass is 277 g/mol. The maximum Gasteiger partial charge on any atom is 0.126 e. The highest BCUT2D eigenvalue weighted by atomic mass is 16.5. The largest absolute Gasteiger partial charge is 0.486 e. The molecule has 0 fully saturated rings. The van der Waals surface area contributed by atoms with E-state index in [1.807, 2.05) is 6.07 Å². The lowest BCUT2D eigenvalue weighted by Gasteiger charge is -2.48. The molecule has 3 nitrogen and oxygen atoms in total. The van der Waals surface area contributed by atoms with E-state index in [4.69, 9.17) is 4.74 Å². The van der Waals surface area contributed by atoms with E-state index in [1.54, 1.807) is 0 Å². The van der Waals surface area contributed by atoms with Gasteiger partial charge in [0.05, 0.1) is 6.04 Å². The van der Waals surface area contributed by atoms with Crippen LogP contribution < -0.4 is 4.74 Å². The van der Waals surface area contributed by atoms with Gasteiger partial charge in [0.1, 0.15) is 17.5 Å². The van der Waals surface area contributed by atoms with Crippen molar-refractivity contribution in [1.29, 1.82) is 0 Å². The summed E-state index contributed by atoms with van der Waals surface area (Å²) in [6.45, 7) is 14.3. The van der Waals surface area contributed by atoms with E-state index in [-0.39, 0.29) is 6.04 Å². The van der Waals surface area contributed by atoms with E-state index in [0.29, 0.717) is 0 Å². The van der Waals surface area contributed by atoms with Crippen LogP contribution >= 0.6 is 0 Å². The molecule has 1 aliphatic heterocycles. The fraction of sp³-hybridized carbons (Fsp3) is 0.647. The quantitative estimate of drug-likeness (QED) is 0.921. The third-order valence-corrected chi connectivity index (χ3v) is 4.38. The standard InChI is InChI=1S/C17H27NO2/c1-7-18(8-2)16-15(19)14-12(4)9-11(3)10-13(14)20-17(16,5)6/h9-10,15-16,19H,7-8H2,1-6H3. The van der Waals surface area contributed by atoms with Crippen LogP contribution in [0.15, 0.2) is 12.1 Å². The maximum absolute atomic E-state index is 10.9. The number of hydrogen-bond donors (Lipinski definition) is 1. The number of aryl methyl sites for hydroxylation is 2. The highest BCUT2D eigenvalue weighted by molar-refractivity contribution is 5.47. The van der Waals surface area contributed by atoms with E-state index in [2.05, 4.69) is 52.5 Å². The lowest BCUT2D eigenvalue weighted by molar-refractivity contribution is -0.0802. The molecule has 0 bridgehead atoms. The Morgan fingerprint density at radius 3 is 2.35 bits per heavy atom. The Bertz CT molecular complexity index is 492. The molecule has 0 spiro atoms. The molecule has 0 saturated carbocycles. The Labute approximate surface area is 122 Å². The smallest absolute Gasteiger partial charge is 0.126 e. The molecular formula is C17H27NO2. The molecule has 1 aromatic rings. The summed E-state index contributed by atoms with van der Waals surface area (Å²) >= 11 is 0. The van der Waals surface area contributed by atoms with Gasteiger partial charge in [-0.2, -0.15) is 0 Å². The van der Waals surface area contributed by atoms with Crippen molar-refractivity contribution in [2.24, 2.45) is 0 Å². The van der Waals surface area contributed by atoms with Gasteiger partial charge in [-0.15, -0.1) is 0 Å². The van der Waals surface area contributed by atoms with Crippen LogP contribution in [0.4, 0.5) is 0 Å². The third-order valence-electron chi connectivity index (χ3n) is 4.38. The topological polar surface area (TPSA) is 32.7 Å². The van der Waals surface area contributed by atoms with Crippen molar-refractivity contribution < 1.29 is 9.84 Å². The summed E-state index contributed by atoms with van der Waals surface area (Å²) in [6, 6.07) is 4.13. The summed E-state index contributed by atoms with van der Waals surface area (Å²) in [4.78, 5) is 2.28. The summed E-state index contributed by atoms with van der Waals surface area (Å²) in [5.41, 5.74) is 2.83. The van der Waals surface area contributed by atoms with Crippen LogP contribution in [-0.2, 0) is 0 Å². The van der Waals surface area contributed by atoms with Gasteiger partial charge in [0.15, 0.2) is 0 Å². The zero-order valence-electron chi connectivity index (χ0n) is 13.5. The van der Waals surface area contributed by atoms with E-state index in [0.717, 1.165) is 30.0 Å². The molecular weight excluding hydrogens is 250 g/mol. The minimum atomic E-state index is -0.505. The highest BCUT2D eigenvalue weighted by Gasteiger charge is 2.46. The summed E-state index contributed by atoms with van der Waals surface area (Å²) in [5, 5.41) is 10.9. The van der Waals surface area contributed by atoms with E-state index in [9.17, 15) is 5.11 Å². The number of rotatable bonds is 3. The zero-order valence-corrected chi connectivity index (χ0v) is 13.5. The van der Waals surface area contributed by atoms with Crippen LogP contribution in [0.25, 0.3) is 0 Å². The molecule has 0 aliphatic carbocycles. The van der Waals surface area contributed by atoms with Crippen LogP contribution in [0.5, 0.6) is 5.75 Å². The fourth-order valence-electron chi connectivity index (χ4n) is 3.54. The van der Waals surface area contributed by atoms with Crippen molar-refractivity contribution in [2.45, 2.75) is 59.3 Å². The van der Waals surface area contributed by atoms with Gasteiger partial charge in [-0.1, -0.05) is 19.9 Å². The lowest BCUT2D eigenvalue weighted by Crippen LogP contribution is -2.58. The predicted octanol–water partition coefficient (Wildman–Crippen LogP) is 3.22. The number of benzene rings is 1. The maximum atomic E-state index is 10.9. The first-order valence-corrected chi connectivity index (χ1v) is 7.54. The molecule has 0 saturated heterocycles. The molecule has 20 heavy (non-hydrogen) atoms. The number of likely N-dealkylation sites (N-methyl/N-ethyl adjacent to an activating group) is 1. The van der Waals surface area contributed by atoms with Gasteiger partial charge in [0.25, 0.3) is 0 Å². The van der Waals surface area contributed by atoms with Crippen LogP contribution in [0.2, 0.25) is 0 Å². The Hall–Kier alpha value is -1.06. The third kappa shape index (κ3) is 2.45. The van der Waals surface area contributed by atoms with Crippen molar-refractivity contribution in [3.8, 4) is 5.75 Å². The first-order chi connectivity index (χ1) is 9.31. The number of aliphatic hydroxyl groups excluding tert-OH is 1.